The van der Waals surface area contributed by atoms with Crippen LogP contribution in [0.3, 0.4) is 0 Å². The van der Waals surface area contributed by atoms with Crippen LogP contribution in [0.5, 0.6) is 0 Å². The highest BCUT2D eigenvalue weighted by Crippen LogP contribution is 2.40. The number of halogens is 1. The van der Waals surface area contributed by atoms with E-state index >= 15 is 0 Å². The first-order chi connectivity index (χ1) is 7.84. The smallest absolute Gasteiger partial charge is 0.0748 e. The number of hydrogen-bond acceptors (Lipinski definition) is 2. The van der Waals surface area contributed by atoms with Gasteiger partial charge in [0, 0.05) is 11.6 Å². The standard InChI is InChI=1S/C13H13ClN2/c14-11-6-1-2-7-12(11)15-16-13-8-9-4-3-5-10(9)13/h1-4,6-7,9-10,15H,5,8H2/b16-13-/t9-,10-/m0/s1. The predicted octanol–water partition coefficient (Wildman–Crippen LogP) is 3.70. The molecule has 16 heavy (non-hydrogen) atoms. The number of allylic oxidation sites excluding steroid dienone is 2. The number of fused-ring (bicyclic) bond motifs is 1. The van der Waals surface area contributed by atoms with E-state index in [4.69, 9.17) is 11.6 Å². The summed E-state index contributed by atoms with van der Waals surface area (Å²) in [5.41, 5.74) is 5.21. The zero-order chi connectivity index (χ0) is 11.0. The van der Waals surface area contributed by atoms with E-state index in [-0.39, 0.29) is 0 Å². The second kappa shape index (κ2) is 3.95. The molecule has 0 saturated heterocycles. The molecule has 0 aromatic heterocycles. The van der Waals surface area contributed by atoms with E-state index in [9.17, 15) is 0 Å². The molecule has 1 N–H and O–H groups in total. The van der Waals surface area contributed by atoms with Crippen LogP contribution < -0.4 is 5.43 Å². The molecule has 2 aliphatic carbocycles. The van der Waals surface area contributed by atoms with Gasteiger partial charge < -0.3 is 0 Å². The lowest BCUT2D eigenvalue weighted by Gasteiger charge is -2.31. The Hall–Kier alpha value is -1.28. The molecule has 1 aromatic carbocycles. The summed E-state index contributed by atoms with van der Waals surface area (Å²) in [6.07, 6.45) is 6.80. The fraction of sp³-hybridized carbons (Fsp3) is 0.308. The van der Waals surface area contributed by atoms with Crippen molar-refractivity contribution in [1.82, 2.24) is 0 Å². The summed E-state index contributed by atoms with van der Waals surface area (Å²) in [5, 5.41) is 5.16. The number of rotatable bonds is 2. The van der Waals surface area contributed by atoms with Gasteiger partial charge in [0.2, 0.25) is 0 Å². The zero-order valence-corrected chi connectivity index (χ0v) is 9.61. The molecule has 1 saturated carbocycles. The first-order valence-electron chi connectivity index (χ1n) is 5.58. The van der Waals surface area contributed by atoms with Crippen molar-refractivity contribution in [2.24, 2.45) is 16.9 Å². The second-order valence-electron chi connectivity index (χ2n) is 4.33. The number of hydrazone groups is 1. The van der Waals surface area contributed by atoms with Crippen LogP contribution in [-0.4, -0.2) is 5.71 Å². The summed E-state index contributed by atoms with van der Waals surface area (Å²) in [5.74, 6) is 1.39. The second-order valence-corrected chi connectivity index (χ2v) is 4.74. The first kappa shape index (κ1) is 9.91. The summed E-state index contributed by atoms with van der Waals surface area (Å²) < 4.78 is 0. The summed E-state index contributed by atoms with van der Waals surface area (Å²) in [6.45, 7) is 0. The first-order valence-corrected chi connectivity index (χ1v) is 5.96. The van der Waals surface area contributed by atoms with E-state index in [2.05, 4.69) is 22.7 Å². The summed E-state index contributed by atoms with van der Waals surface area (Å²) in [7, 11) is 0. The molecule has 3 rings (SSSR count). The Kier molecular flexibility index (Phi) is 2.44. The Morgan fingerprint density at radius 1 is 1.31 bits per heavy atom. The van der Waals surface area contributed by atoms with Crippen LogP contribution in [-0.2, 0) is 0 Å². The molecule has 3 heteroatoms. The Bertz CT molecular complexity index is 465. The molecule has 1 aromatic rings. The highest BCUT2D eigenvalue weighted by molar-refractivity contribution is 6.33. The molecule has 1 fully saturated rings. The summed E-state index contributed by atoms with van der Waals surface area (Å²) in [4.78, 5) is 0. The number of nitrogens with one attached hydrogen (secondary N) is 1. The maximum absolute atomic E-state index is 6.04. The normalized spacial score (nSPS) is 28.9. The van der Waals surface area contributed by atoms with E-state index in [1.54, 1.807) is 0 Å². The lowest BCUT2D eigenvalue weighted by atomic mass is 9.74. The number of hydrogen-bond donors (Lipinski definition) is 1. The van der Waals surface area contributed by atoms with Crippen LogP contribution >= 0.6 is 11.6 Å². The summed E-state index contributed by atoms with van der Waals surface area (Å²) in [6, 6.07) is 7.68. The molecule has 0 unspecified atom stereocenters. The van der Waals surface area contributed by atoms with Crippen molar-refractivity contribution in [2.45, 2.75) is 12.8 Å². The average Bonchev–Trinajstić information content (AvgIpc) is 2.63. The highest BCUT2D eigenvalue weighted by Gasteiger charge is 2.37. The average molecular weight is 233 g/mol. The van der Waals surface area contributed by atoms with Gasteiger partial charge in [-0.05, 0) is 30.9 Å². The van der Waals surface area contributed by atoms with E-state index in [0.717, 1.165) is 24.4 Å². The number of nitrogens with zero attached hydrogens (tertiary/aromatic N) is 1. The Balaban J connectivity index is 1.69. The third-order valence-corrected chi connectivity index (χ3v) is 3.69. The number of benzene rings is 1. The van der Waals surface area contributed by atoms with Gasteiger partial charge >= 0.3 is 0 Å². The molecule has 0 aliphatic heterocycles. The van der Waals surface area contributed by atoms with Gasteiger partial charge in [-0.2, -0.15) is 5.10 Å². The van der Waals surface area contributed by atoms with Gasteiger partial charge in [-0.3, -0.25) is 5.43 Å². The lowest BCUT2D eigenvalue weighted by molar-refractivity contribution is 0.466. The molecule has 82 valence electrons. The Morgan fingerprint density at radius 3 is 3.00 bits per heavy atom. The fourth-order valence-corrected chi connectivity index (χ4v) is 2.53. The molecule has 0 heterocycles. The van der Waals surface area contributed by atoms with E-state index in [1.807, 2.05) is 24.3 Å². The van der Waals surface area contributed by atoms with Gasteiger partial charge in [-0.25, -0.2) is 0 Å². The van der Waals surface area contributed by atoms with E-state index in [1.165, 1.54) is 5.71 Å². The largest absolute Gasteiger partial charge is 0.277 e. The molecule has 2 aliphatic rings. The molecule has 2 atom stereocenters. The van der Waals surface area contributed by atoms with Crippen LogP contribution in [0.15, 0.2) is 41.5 Å². The monoisotopic (exact) mass is 232 g/mol. The number of anilines is 1. The minimum absolute atomic E-state index is 0.648. The van der Waals surface area contributed by atoms with Gasteiger partial charge in [0.25, 0.3) is 0 Å². The molecule has 2 nitrogen and oxygen atoms in total. The molecule has 0 radical (unpaired) electrons. The van der Waals surface area contributed by atoms with Crippen molar-refractivity contribution in [3.05, 3.63) is 41.4 Å². The number of para-hydroxylation sites is 1. The zero-order valence-electron chi connectivity index (χ0n) is 8.86. The minimum Gasteiger partial charge on any atom is -0.277 e. The minimum atomic E-state index is 0.648. The topological polar surface area (TPSA) is 24.4 Å². The van der Waals surface area contributed by atoms with E-state index < -0.39 is 0 Å². The van der Waals surface area contributed by atoms with Crippen molar-refractivity contribution in [3.8, 4) is 0 Å². The van der Waals surface area contributed by atoms with Crippen molar-refractivity contribution in [2.75, 3.05) is 5.43 Å². The van der Waals surface area contributed by atoms with Crippen LogP contribution in [0.1, 0.15) is 12.8 Å². The van der Waals surface area contributed by atoms with Gasteiger partial charge in [0.1, 0.15) is 0 Å². The van der Waals surface area contributed by atoms with Crippen molar-refractivity contribution < 1.29 is 0 Å². The molecular formula is C13H13ClN2. The van der Waals surface area contributed by atoms with Crippen molar-refractivity contribution >= 4 is 23.0 Å². The predicted molar refractivity (Wildman–Crippen MR) is 67.9 cm³/mol. The summed E-state index contributed by atoms with van der Waals surface area (Å²) >= 11 is 6.04. The third-order valence-electron chi connectivity index (χ3n) is 3.36. The van der Waals surface area contributed by atoms with Gasteiger partial charge in [0.05, 0.1) is 10.7 Å². The Labute approximate surface area is 100 Å². The SMILES string of the molecule is Clc1ccccc1N/N=C1/C[C@@H]2C=CC[C@H]12. The van der Waals surface area contributed by atoms with E-state index in [0.29, 0.717) is 10.9 Å². The van der Waals surface area contributed by atoms with Crippen LogP contribution in [0, 0.1) is 11.8 Å². The van der Waals surface area contributed by atoms with Gasteiger partial charge in [-0.1, -0.05) is 35.9 Å². The highest BCUT2D eigenvalue weighted by atomic mass is 35.5. The van der Waals surface area contributed by atoms with Crippen LogP contribution in [0.4, 0.5) is 5.69 Å². The molecular weight excluding hydrogens is 220 g/mol. The quantitative estimate of drug-likeness (QED) is 0.610. The van der Waals surface area contributed by atoms with Crippen LogP contribution in [0.25, 0.3) is 0 Å². The molecule has 0 amide bonds. The maximum Gasteiger partial charge on any atom is 0.0748 e. The van der Waals surface area contributed by atoms with Crippen molar-refractivity contribution in [1.29, 1.82) is 0 Å². The van der Waals surface area contributed by atoms with Crippen molar-refractivity contribution in [3.63, 3.8) is 0 Å². The maximum atomic E-state index is 6.04. The van der Waals surface area contributed by atoms with Crippen LogP contribution in [0.2, 0.25) is 5.02 Å². The van der Waals surface area contributed by atoms with Gasteiger partial charge in [0.15, 0.2) is 0 Å². The third kappa shape index (κ3) is 1.63. The lowest BCUT2D eigenvalue weighted by Crippen LogP contribution is -2.33. The molecule has 0 bridgehead atoms. The van der Waals surface area contributed by atoms with Gasteiger partial charge in [-0.15, -0.1) is 0 Å². The Morgan fingerprint density at radius 2 is 2.19 bits per heavy atom. The molecule has 0 spiro atoms. The fourth-order valence-electron chi connectivity index (χ4n) is 2.35.